The Labute approximate surface area is 195 Å². The molecule has 164 valence electrons. The fraction of sp³-hybridized carbons (Fsp3) is 0.240. The van der Waals surface area contributed by atoms with Crippen LogP contribution in [0.4, 0.5) is 0 Å². The molecular formula is C25H24BrN3O3. The number of aromatic nitrogens is 2. The minimum atomic E-state index is -0.654. The number of aliphatic hydroxyl groups excluding tert-OH is 1. The van der Waals surface area contributed by atoms with Gasteiger partial charge in [-0.3, -0.25) is 9.59 Å². The molecule has 2 heterocycles. The smallest absolute Gasteiger partial charge is 0.295 e. The van der Waals surface area contributed by atoms with E-state index < -0.39 is 17.7 Å². The number of benzene rings is 2. The molecule has 32 heavy (non-hydrogen) atoms. The molecule has 1 unspecified atom stereocenters. The van der Waals surface area contributed by atoms with Gasteiger partial charge in [0.1, 0.15) is 5.76 Å². The van der Waals surface area contributed by atoms with Crippen molar-refractivity contribution in [1.82, 2.24) is 14.5 Å². The normalized spacial score (nSPS) is 17.8. The number of carbonyl (C=O) groups is 2. The van der Waals surface area contributed by atoms with Crippen molar-refractivity contribution < 1.29 is 14.7 Å². The molecule has 6 nitrogen and oxygen atoms in total. The van der Waals surface area contributed by atoms with Gasteiger partial charge < -0.3 is 14.6 Å². The van der Waals surface area contributed by atoms with Gasteiger partial charge >= 0.3 is 0 Å². The minimum Gasteiger partial charge on any atom is -0.507 e. The largest absolute Gasteiger partial charge is 0.507 e. The highest BCUT2D eigenvalue weighted by Gasteiger charge is 2.45. The first kappa shape index (κ1) is 22.0. The van der Waals surface area contributed by atoms with Gasteiger partial charge in [-0.25, -0.2) is 4.98 Å². The second kappa shape index (κ2) is 9.12. The lowest BCUT2D eigenvalue weighted by atomic mass is 9.93. The number of halogens is 1. The van der Waals surface area contributed by atoms with Crippen molar-refractivity contribution in [3.05, 3.63) is 93.5 Å². The van der Waals surface area contributed by atoms with E-state index in [4.69, 9.17) is 0 Å². The van der Waals surface area contributed by atoms with Gasteiger partial charge in [-0.05, 0) is 49.6 Å². The number of likely N-dealkylation sites (tertiary alicyclic amines) is 1. The fourth-order valence-corrected chi connectivity index (χ4v) is 4.35. The number of rotatable bonds is 6. The van der Waals surface area contributed by atoms with E-state index in [1.165, 1.54) is 0 Å². The highest BCUT2D eigenvalue weighted by atomic mass is 79.9. The predicted octanol–water partition coefficient (Wildman–Crippen LogP) is 4.77. The van der Waals surface area contributed by atoms with Crippen molar-refractivity contribution in [2.75, 3.05) is 6.54 Å². The zero-order valence-corrected chi connectivity index (χ0v) is 19.5. The first-order valence-corrected chi connectivity index (χ1v) is 11.2. The highest BCUT2D eigenvalue weighted by Crippen LogP contribution is 2.40. The van der Waals surface area contributed by atoms with Crippen LogP contribution in [0.5, 0.6) is 0 Å². The van der Waals surface area contributed by atoms with Crippen LogP contribution < -0.4 is 0 Å². The predicted molar refractivity (Wildman–Crippen MR) is 126 cm³/mol. The monoisotopic (exact) mass is 493 g/mol. The number of aliphatic hydroxyl groups is 1. The Morgan fingerprint density at radius 1 is 1.09 bits per heavy atom. The van der Waals surface area contributed by atoms with Crippen molar-refractivity contribution in [3.63, 3.8) is 0 Å². The second-order valence-corrected chi connectivity index (χ2v) is 8.93. The molecular weight excluding hydrogens is 470 g/mol. The molecule has 0 aliphatic carbocycles. The Balaban J connectivity index is 1.76. The standard InChI is InChI=1S/C25H24BrN3O3/c1-16-4-5-17(2)20(14-16)23(30)21-22(18-6-8-19(26)9-7-18)29(25(32)24(21)31)12-3-11-28-13-10-27-15-28/h4-10,13-15,22,30H,3,11-12H2,1-2H3. The first-order chi connectivity index (χ1) is 15.4. The summed E-state index contributed by atoms with van der Waals surface area (Å²) in [7, 11) is 0. The van der Waals surface area contributed by atoms with Crippen LogP contribution in [0, 0.1) is 13.8 Å². The summed E-state index contributed by atoms with van der Waals surface area (Å²) in [5.74, 6) is -1.37. The number of Topliss-reactive ketones (excluding diaryl/α,β-unsaturated/α-hetero) is 1. The summed E-state index contributed by atoms with van der Waals surface area (Å²) in [6.07, 6.45) is 5.94. The summed E-state index contributed by atoms with van der Waals surface area (Å²) in [5, 5.41) is 11.3. The molecule has 0 radical (unpaired) electrons. The van der Waals surface area contributed by atoms with E-state index in [-0.39, 0.29) is 11.3 Å². The van der Waals surface area contributed by atoms with Crippen LogP contribution in [0.15, 0.2) is 71.2 Å². The first-order valence-electron chi connectivity index (χ1n) is 10.4. The molecule has 1 atom stereocenters. The number of hydrogen-bond donors (Lipinski definition) is 1. The number of ketones is 1. The lowest BCUT2D eigenvalue weighted by molar-refractivity contribution is -0.139. The highest BCUT2D eigenvalue weighted by molar-refractivity contribution is 9.10. The van der Waals surface area contributed by atoms with Crippen molar-refractivity contribution in [1.29, 1.82) is 0 Å². The molecule has 7 heteroatoms. The van der Waals surface area contributed by atoms with E-state index in [1.54, 1.807) is 17.4 Å². The third-order valence-corrected chi connectivity index (χ3v) is 6.28. The number of imidazole rings is 1. The van der Waals surface area contributed by atoms with E-state index in [9.17, 15) is 14.7 Å². The molecule has 4 rings (SSSR count). The summed E-state index contributed by atoms with van der Waals surface area (Å²) in [5.41, 5.74) is 3.29. The molecule has 0 spiro atoms. The second-order valence-electron chi connectivity index (χ2n) is 8.02. The Morgan fingerprint density at radius 2 is 1.84 bits per heavy atom. The molecule has 1 amide bonds. The summed E-state index contributed by atoms with van der Waals surface area (Å²) >= 11 is 3.44. The lowest BCUT2D eigenvalue weighted by Gasteiger charge is -2.25. The van der Waals surface area contributed by atoms with Crippen LogP contribution in [0.1, 0.15) is 34.7 Å². The number of aryl methyl sites for hydroxylation is 3. The topological polar surface area (TPSA) is 75.4 Å². The van der Waals surface area contributed by atoms with Crippen LogP contribution in [0.3, 0.4) is 0 Å². The van der Waals surface area contributed by atoms with Gasteiger partial charge in [0, 0.05) is 35.5 Å². The molecule has 1 aromatic heterocycles. The van der Waals surface area contributed by atoms with Gasteiger partial charge in [0.25, 0.3) is 11.7 Å². The molecule has 1 N–H and O–H groups in total. The fourth-order valence-electron chi connectivity index (χ4n) is 4.08. The van der Waals surface area contributed by atoms with Crippen LogP contribution in [0.25, 0.3) is 5.76 Å². The van der Waals surface area contributed by atoms with Gasteiger partial charge in [0.15, 0.2) is 0 Å². The number of nitrogens with zero attached hydrogens (tertiary/aromatic N) is 3. The third-order valence-electron chi connectivity index (χ3n) is 5.75. The summed E-state index contributed by atoms with van der Waals surface area (Å²) in [6.45, 7) is 4.86. The van der Waals surface area contributed by atoms with Crippen molar-refractivity contribution in [3.8, 4) is 0 Å². The quantitative estimate of drug-likeness (QED) is 0.304. The summed E-state index contributed by atoms with van der Waals surface area (Å²) in [6, 6.07) is 12.5. The maximum Gasteiger partial charge on any atom is 0.295 e. The average Bonchev–Trinajstić information content (AvgIpc) is 3.38. The SMILES string of the molecule is Cc1ccc(C)c(C(O)=C2C(=O)C(=O)N(CCCn3ccnc3)C2c2ccc(Br)cc2)c1. The third kappa shape index (κ3) is 4.25. The lowest BCUT2D eigenvalue weighted by Crippen LogP contribution is -2.31. The number of amides is 1. The Bertz CT molecular complexity index is 1180. The zero-order chi connectivity index (χ0) is 22.8. The van der Waals surface area contributed by atoms with Crippen molar-refractivity contribution in [2.24, 2.45) is 0 Å². The van der Waals surface area contributed by atoms with E-state index in [1.807, 2.05) is 67.1 Å². The van der Waals surface area contributed by atoms with E-state index >= 15 is 0 Å². The molecule has 1 aliphatic heterocycles. The van der Waals surface area contributed by atoms with Gasteiger partial charge in [0.2, 0.25) is 0 Å². The molecule has 1 aliphatic rings. The van der Waals surface area contributed by atoms with Crippen LogP contribution in [-0.4, -0.2) is 37.8 Å². The van der Waals surface area contributed by atoms with Crippen molar-refractivity contribution >= 4 is 33.4 Å². The molecule has 0 saturated carbocycles. The molecule has 3 aromatic rings. The zero-order valence-electron chi connectivity index (χ0n) is 18.0. The Kier molecular flexibility index (Phi) is 6.28. The average molecular weight is 494 g/mol. The Morgan fingerprint density at radius 3 is 2.53 bits per heavy atom. The van der Waals surface area contributed by atoms with Gasteiger partial charge in [-0.1, -0.05) is 45.8 Å². The minimum absolute atomic E-state index is 0.130. The maximum atomic E-state index is 13.1. The van der Waals surface area contributed by atoms with Crippen molar-refractivity contribution in [2.45, 2.75) is 32.9 Å². The molecule has 1 saturated heterocycles. The van der Waals surface area contributed by atoms with E-state index in [2.05, 4.69) is 20.9 Å². The number of hydrogen-bond acceptors (Lipinski definition) is 4. The van der Waals surface area contributed by atoms with E-state index in [0.29, 0.717) is 25.1 Å². The van der Waals surface area contributed by atoms with Crippen LogP contribution in [0.2, 0.25) is 0 Å². The molecule has 1 fully saturated rings. The van der Waals surface area contributed by atoms with Crippen LogP contribution >= 0.6 is 15.9 Å². The number of carbonyl (C=O) groups excluding carboxylic acids is 2. The maximum absolute atomic E-state index is 13.1. The van der Waals surface area contributed by atoms with Gasteiger partial charge in [0.05, 0.1) is 17.9 Å². The summed E-state index contributed by atoms with van der Waals surface area (Å²) in [4.78, 5) is 31.8. The Hall–Kier alpha value is -3.19. The molecule has 0 bridgehead atoms. The van der Waals surface area contributed by atoms with Gasteiger partial charge in [-0.2, -0.15) is 0 Å². The summed E-state index contributed by atoms with van der Waals surface area (Å²) < 4.78 is 2.83. The van der Waals surface area contributed by atoms with E-state index in [0.717, 1.165) is 21.2 Å². The molecule has 2 aromatic carbocycles. The van der Waals surface area contributed by atoms with Gasteiger partial charge in [-0.15, -0.1) is 0 Å². The van der Waals surface area contributed by atoms with Crippen LogP contribution in [-0.2, 0) is 16.1 Å².